The molecule has 0 saturated carbocycles. The van der Waals surface area contributed by atoms with Gasteiger partial charge in [0, 0.05) is 49.9 Å². The van der Waals surface area contributed by atoms with E-state index in [0.29, 0.717) is 0 Å². The monoisotopic (exact) mass is 627 g/mol. The molecule has 0 fully saturated rings. The molecule has 0 N–H and O–H groups in total. The van der Waals surface area contributed by atoms with Gasteiger partial charge in [0.05, 0.1) is 5.69 Å². The Morgan fingerprint density at radius 1 is 0.347 bits per heavy atom. The summed E-state index contributed by atoms with van der Waals surface area (Å²) in [7, 11) is 0. The van der Waals surface area contributed by atoms with E-state index in [9.17, 15) is 0 Å². The molecule has 10 aromatic rings. The van der Waals surface area contributed by atoms with Crippen molar-refractivity contribution in [3.05, 3.63) is 176 Å². The maximum atomic E-state index is 6.39. The van der Waals surface area contributed by atoms with Crippen molar-refractivity contribution in [3.63, 3.8) is 0 Å². The van der Waals surface area contributed by atoms with E-state index in [4.69, 9.17) is 8.83 Å². The van der Waals surface area contributed by atoms with Crippen LogP contribution in [0, 0.1) is 0 Å². The van der Waals surface area contributed by atoms with Gasteiger partial charge in [-0.1, -0.05) is 115 Å². The first-order chi connectivity index (χ1) is 24.3. The summed E-state index contributed by atoms with van der Waals surface area (Å²) in [4.78, 5) is 2.33. The number of fused-ring (bicyclic) bond motifs is 8. The molecule has 0 radical (unpaired) electrons. The lowest BCUT2D eigenvalue weighted by Crippen LogP contribution is -2.11. The third-order valence-electron chi connectivity index (χ3n) is 9.67. The van der Waals surface area contributed by atoms with Crippen molar-refractivity contribution in [1.29, 1.82) is 0 Å². The molecule has 0 aliphatic heterocycles. The number of anilines is 3. The molecule has 49 heavy (non-hydrogen) atoms. The van der Waals surface area contributed by atoms with Crippen LogP contribution < -0.4 is 4.90 Å². The lowest BCUT2D eigenvalue weighted by atomic mass is 10.00. The van der Waals surface area contributed by atoms with Crippen molar-refractivity contribution < 1.29 is 8.83 Å². The molecule has 0 saturated heterocycles. The van der Waals surface area contributed by atoms with Gasteiger partial charge in [-0.2, -0.15) is 0 Å². The van der Waals surface area contributed by atoms with Crippen molar-refractivity contribution in [2.45, 2.75) is 0 Å². The van der Waals surface area contributed by atoms with E-state index in [1.54, 1.807) is 0 Å². The van der Waals surface area contributed by atoms with Gasteiger partial charge in [0.1, 0.15) is 22.3 Å². The van der Waals surface area contributed by atoms with Crippen LogP contribution in [0.5, 0.6) is 0 Å². The predicted molar refractivity (Wildman–Crippen MR) is 204 cm³/mol. The molecule has 0 atom stereocenters. The van der Waals surface area contributed by atoms with Crippen LogP contribution in [0.4, 0.5) is 17.1 Å². The molecule has 8 aromatic carbocycles. The molecule has 3 nitrogen and oxygen atoms in total. The van der Waals surface area contributed by atoms with Crippen LogP contribution in [0.25, 0.3) is 76.9 Å². The van der Waals surface area contributed by atoms with Gasteiger partial charge in [0.2, 0.25) is 0 Å². The molecule has 0 bridgehead atoms. The molecule has 10 rings (SSSR count). The van der Waals surface area contributed by atoms with Gasteiger partial charge < -0.3 is 13.7 Å². The maximum Gasteiger partial charge on any atom is 0.143 e. The topological polar surface area (TPSA) is 29.5 Å². The van der Waals surface area contributed by atoms with Gasteiger partial charge in [0.25, 0.3) is 0 Å². The first kappa shape index (κ1) is 27.5. The molecule has 0 unspecified atom stereocenters. The number of para-hydroxylation sites is 2. The number of benzene rings is 8. The molecule has 0 spiro atoms. The molecule has 3 heteroatoms. The Kier molecular flexibility index (Phi) is 6.18. The molecule has 230 valence electrons. The third kappa shape index (κ3) is 4.51. The van der Waals surface area contributed by atoms with Crippen LogP contribution >= 0.6 is 0 Å². The average Bonchev–Trinajstić information content (AvgIpc) is 3.74. The summed E-state index contributed by atoms with van der Waals surface area (Å²) in [6, 6.07) is 62.0. The Balaban J connectivity index is 1.11. The molecule has 0 aliphatic rings. The number of furan rings is 2. The summed E-state index contributed by atoms with van der Waals surface area (Å²) in [5.74, 6) is 0. The standard InChI is InChI=1S/C46H29NO2/c1-2-10-31(11-3-1)36-13-6-8-16-42(36)47(35-24-26-39-38-15-7-9-17-43(38)48-45(39)29-35)34-22-18-30(19-23-34)33-21-27-44-41(28-33)40-25-20-32-12-4-5-14-37(32)46(40)49-44/h1-29H. The van der Waals surface area contributed by atoms with Crippen molar-refractivity contribution in [1.82, 2.24) is 0 Å². The highest BCUT2D eigenvalue weighted by molar-refractivity contribution is 6.15. The third-order valence-corrected chi connectivity index (χ3v) is 9.67. The lowest BCUT2D eigenvalue weighted by Gasteiger charge is -2.28. The summed E-state index contributed by atoms with van der Waals surface area (Å²) in [6.07, 6.45) is 0. The predicted octanol–water partition coefficient (Wildman–Crippen LogP) is 13.4. The first-order valence-electron chi connectivity index (χ1n) is 16.6. The van der Waals surface area contributed by atoms with Gasteiger partial charge in [0.15, 0.2) is 0 Å². The largest absolute Gasteiger partial charge is 0.456 e. The Morgan fingerprint density at radius 2 is 1.02 bits per heavy atom. The molecule has 0 amide bonds. The number of rotatable bonds is 5. The van der Waals surface area contributed by atoms with Crippen molar-refractivity contribution in [2.24, 2.45) is 0 Å². The quantitative estimate of drug-likeness (QED) is 0.190. The molecule has 2 aromatic heterocycles. The minimum absolute atomic E-state index is 0.867. The van der Waals surface area contributed by atoms with E-state index in [1.165, 1.54) is 5.39 Å². The highest BCUT2D eigenvalue weighted by Gasteiger charge is 2.19. The van der Waals surface area contributed by atoms with Gasteiger partial charge in [-0.25, -0.2) is 0 Å². The summed E-state index contributed by atoms with van der Waals surface area (Å²) in [5.41, 5.74) is 11.4. The second-order valence-electron chi connectivity index (χ2n) is 12.5. The van der Waals surface area contributed by atoms with Crippen LogP contribution in [0.1, 0.15) is 0 Å². The number of hydrogen-bond acceptors (Lipinski definition) is 3. The van der Waals surface area contributed by atoms with E-state index < -0.39 is 0 Å². The first-order valence-corrected chi connectivity index (χ1v) is 16.6. The van der Waals surface area contributed by atoms with E-state index in [0.717, 1.165) is 88.6 Å². The maximum absolute atomic E-state index is 6.39. The Morgan fingerprint density at radius 3 is 1.92 bits per heavy atom. The van der Waals surface area contributed by atoms with Gasteiger partial charge in [-0.15, -0.1) is 0 Å². The fraction of sp³-hybridized carbons (Fsp3) is 0. The lowest BCUT2D eigenvalue weighted by molar-refractivity contribution is 0.669. The normalized spacial score (nSPS) is 11.7. The van der Waals surface area contributed by atoms with Gasteiger partial charge in [-0.3, -0.25) is 0 Å². The van der Waals surface area contributed by atoms with Crippen LogP contribution in [0.3, 0.4) is 0 Å². The summed E-state index contributed by atoms with van der Waals surface area (Å²) >= 11 is 0. The summed E-state index contributed by atoms with van der Waals surface area (Å²) < 4.78 is 12.7. The zero-order valence-electron chi connectivity index (χ0n) is 26.5. The van der Waals surface area contributed by atoms with Crippen LogP contribution in [-0.4, -0.2) is 0 Å². The van der Waals surface area contributed by atoms with Crippen molar-refractivity contribution >= 4 is 71.7 Å². The zero-order chi connectivity index (χ0) is 32.3. The van der Waals surface area contributed by atoms with E-state index in [1.807, 2.05) is 12.1 Å². The van der Waals surface area contributed by atoms with Crippen molar-refractivity contribution in [3.8, 4) is 22.3 Å². The highest BCUT2D eigenvalue weighted by Crippen LogP contribution is 2.43. The second kappa shape index (κ2) is 11.0. The van der Waals surface area contributed by atoms with Crippen molar-refractivity contribution in [2.75, 3.05) is 4.90 Å². The molecule has 0 aliphatic carbocycles. The number of nitrogens with zero attached hydrogens (tertiary/aromatic N) is 1. The summed E-state index contributed by atoms with van der Waals surface area (Å²) in [5, 5.41) is 6.82. The second-order valence-corrected chi connectivity index (χ2v) is 12.5. The molecular weight excluding hydrogens is 599 g/mol. The molecular formula is C46H29NO2. The SMILES string of the molecule is c1ccc(-c2ccccc2N(c2ccc(-c3ccc4oc5c6ccccc6ccc5c4c3)cc2)c2ccc3c(c2)oc2ccccc23)cc1. The van der Waals surface area contributed by atoms with E-state index >= 15 is 0 Å². The van der Waals surface area contributed by atoms with Crippen LogP contribution in [-0.2, 0) is 0 Å². The Labute approximate surface area is 282 Å². The zero-order valence-corrected chi connectivity index (χ0v) is 26.5. The summed E-state index contributed by atoms with van der Waals surface area (Å²) in [6.45, 7) is 0. The average molecular weight is 628 g/mol. The molecule has 2 heterocycles. The fourth-order valence-electron chi connectivity index (χ4n) is 7.30. The Bertz CT molecular complexity index is 2830. The van der Waals surface area contributed by atoms with E-state index in [-0.39, 0.29) is 0 Å². The fourth-order valence-corrected chi connectivity index (χ4v) is 7.30. The van der Waals surface area contributed by atoms with E-state index in [2.05, 4.69) is 169 Å². The highest BCUT2D eigenvalue weighted by atomic mass is 16.3. The van der Waals surface area contributed by atoms with Gasteiger partial charge >= 0.3 is 0 Å². The Hall–Kier alpha value is -6.58. The van der Waals surface area contributed by atoms with Gasteiger partial charge in [-0.05, 0) is 76.7 Å². The van der Waals surface area contributed by atoms with Crippen LogP contribution in [0.2, 0.25) is 0 Å². The van der Waals surface area contributed by atoms with Crippen LogP contribution in [0.15, 0.2) is 185 Å². The minimum Gasteiger partial charge on any atom is -0.456 e. The minimum atomic E-state index is 0.867. The number of hydrogen-bond donors (Lipinski definition) is 0. The smallest absolute Gasteiger partial charge is 0.143 e.